The molecular formula is C28H23N3O4. The lowest BCUT2D eigenvalue weighted by Gasteiger charge is -2.08. The molecule has 7 heteroatoms. The zero-order valence-electron chi connectivity index (χ0n) is 19.1. The fraction of sp³-hybridized carbons (Fsp3) is 0.107. The standard InChI is InChI=1S/C28H23N3O4/c1-19-6-2-3-10-25(19)28-31-30-27(35-28)22-13-11-21(12-14-22)26(32)29-23-8-4-7-20(16-23)17-33-18-24-9-5-15-34-24/h2-16H,17-18H2,1H3,(H,29,32). The van der Waals surface area contributed by atoms with E-state index in [4.69, 9.17) is 13.6 Å². The molecule has 0 unspecified atom stereocenters. The Kier molecular flexibility index (Phi) is 6.50. The van der Waals surface area contributed by atoms with Crippen molar-refractivity contribution >= 4 is 11.6 Å². The minimum atomic E-state index is -0.212. The van der Waals surface area contributed by atoms with E-state index in [0.29, 0.717) is 36.2 Å². The third-order valence-corrected chi connectivity index (χ3v) is 5.47. The summed E-state index contributed by atoms with van der Waals surface area (Å²) in [6.45, 7) is 2.80. The largest absolute Gasteiger partial charge is 0.467 e. The highest BCUT2D eigenvalue weighted by atomic mass is 16.5. The van der Waals surface area contributed by atoms with E-state index >= 15 is 0 Å². The van der Waals surface area contributed by atoms with Crippen LogP contribution in [0.3, 0.4) is 0 Å². The van der Waals surface area contributed by atoms with Crippen molar-refractivity contribution in [3.63, 3.8) is 0 Å². The van der Waals surface area contributed by atoms with Crippen molar-refractivity contribution in [3.05, 3.63) is 114 Å². The van der Waals surface area contributed by atoms with E-state index in [9.17, 15) is 4.79 Å². The molecule has 0 saturated heterocycles. The summed E-state index contributed by atoms with van der Waals surface area (Å²) in [5.74, 6) is 1.42. The monoisotopic (exact) mass is 465 g/mol. The van der Waals surface area contributed by atoms with Gasteiger partial charge in [-0.1, -0.05) is 30.3 Å². The topological polar surface area (TPSA) is 90.4 Å². The van der Waals surface area contributed by atoms with Crippen LogP contribution in [0, 0.1) is 6.92 Å². The van der Waals surface area contributed by atoms with Gasteiger partial charge < -0.3 is 18.9 Å². The van der Waals surface area contributed by atoms with Crippen molar-refractivity contribution in [1.82, 2.24) is 10.2 Å². The molecule has 2 aromatic heterocycles. The normalized spacial score (nSPS) is 10.9. The second-order valence-electron chi connectivity index (χ2n) is 8.03. The summed E-state index contributed by atoms with van der Waals surface area (Å²) in [4.78, 5) is 12.8. The number of nitrogens with zero attached hydrogens (tertiary/aromatic N) is 2. The van der Waals surface area contributed by atoms with Crippen LogP contribution in [0.25, 0.3) is 22.9 Å². The van der Waals surface area contributed by atoms with Crippen LogP contribution >= 0.6 is 0 Å². The number of hydrogen-bond acceptors (Lipinski definition) is 6. The molecule has 7 nitrogen and oxygen atoms in total. The zero-order valence-corrected chi connectivity index (χ0v) is 19.1. The molecule has 35 heavy (non-hydrogen) atoms. The number of carbonyl (C=O) groups is 1. The van der Waals surface area contributed by atoms with Crippen molar-refractivity contribution in [2.24, 2.45) is 0 Å². The molecule has 174 valence electrons. The van der Waals surface area contributed by atoms with Crippen LogP contribution in [0.5, 0.6) is 0 Å². The molecule has 3 aromatic carbocycles. The molecule has 0 aliphatic heterocycles. The smallest absolute Gasteiger partial charge is 0.255 e. The van der Waals surface area contributed by atoms with E-state index in [1.807, 2.05) is 67.6 Å². The van der Waals surface area contributed by atoms with Gasteiger partial charge in [-0.25, -0.2) is 0 Å². The van der Waals surface area contributed by atoms with Gasteiger partial charge in [0.15, 0.2) is 0 Å². The predicted octanol–water partition coefficient (Wildman–Crippen LogP) is 6.27. The van der Waals surface area contributed by atoms with E-state index < -0.39 is 0 Å². The fourth-order valence-electron chi connectivity index (χ4n) is 3.63. The molecule has 5 rings (SSSR count). The number of hydrogen-bond donors (Lipinski definition) is 1. The number of amides is 1. The summed E-state index contributed by atoms with van der Waals surface area (Å²) in [6, 6.07) is 26.1. The molecule has 0 fully saturated rings. The van der Waals surface area contributed by atoms with E-state index in [1.54, 1.807) is 30.5 Å². The summed E-state index contributed by atoms with van der Waals surface area (Å²) >= 11 is 0. The first-order chi connectivity index (χ1) is 17.2. The van der Waals surface area contributed by atoms with Crippen LogP contribution in [0.15, 0.2) is 100 Å². The highest BCUT2D eigenvalue weighted by Gasteiger charge is 2.13. The Morgan fingerprint density at radius 2 is 1.71 bits per heavy atom. The number of anilines is 1. The van der Waals surface area contributed by atoms with E-state index in [0.717, 1.165) is 28.0 Å². The molecule has 1 amide bonds. The molecule has 2 heterocycles. The van der Waals surface area contributed by atoms with Gasteiger partial charge in [0, 0.05) is 22.4 Å². The molecule has 5 aromatic rings. The molecule has 0 spiro atoms. The number of rotatable bonds is 8. The highest BCUT2D eigenvalue weighted by molar-refractivity contribution is 6.04. The van der Waals surface area contributed by atoms with Crippen LogP contribution in [0.2, 0.25) is 0 Å². The summed E-state index contributed by atoms with van der Waals surface area (Å²) < 4.78 is 16.8. The lowest BCUT2D eigenvalue weighted by Crippen LogP contribution is -2.12. The Bertz CT molecular complexity index is 1420. The van der Waals surface area contributed by atoms with Gasteiger partial charge in [0.05, 0.1) is 12.9 Å². The Morgan fingerprint density at radius 3 is 2.51 bits per heavy atom. The summed E-state index contributed by atoms with van der Waals surface area (Å²) in [5.41, 5.74) is 4.86. The van der Waals surface area contributed by atoms with Gasteiger partial charge in [0.2, 0.25) is 11.8 Å². The number of aryl methyl sites for hydroxylation is 1. The second-order valence-corrected chi connectivity index (χ2v) is 8.03. The SMILES string of the molecule is Cc1ccccc1-c1nnc(-c2ccc(C(=O)Nc3cccc(COCc4ccco4)c3)cc2)o1. The van der Waals surface area contributed by atoms with Crippen molar-refractivity contribution in [2.45, 2.75) is 20.1 Å². The number of nitrogens with one attached hydrogen (secondary N) is 1. The Hall–Kier alpha value is -4.49. The Balaban J connectivity index is 1.21. The third kappa shape index (κ3) is 5.37. The van der Waals surface area contributed by atoms with Gasteiger partial charge in [0.1, 0.15) is 12.4 Å². The minimum absolute atomic E-state index is 0.212. The van der Waals surface area contributed by atoms with Crippen molar-refractivity contribution in [3.8, 4) is 22.9 Å². The molecule has 0 saturated carbocycles. The molecule has 0 aliphatic rings. The predicted molar refractivity (Wildman–Crippen MR) is 132 cm³/mol. The van der Waals surface area contributed by atoms with Gasteiger partial charge in [-0.15, -0.1) is 10.2 Å². The quantitative estimate of drug-likeness (QED) is 0.290. The molecule has 0 aliphatic carbocycles. The molecule has 0 bridgehead atoms. The maximum atomic E-state index is 12.8. The average molecular weight is 466 g/mol. The van der Waals surface area contributed by atoms with Gasteiger partial charge in [-0.05, 0) is 72.6 Å². The number of benzene rings is 3. The minimum Gasteiger partial charge on any atom is -0.467 e. The van der Waals surface area contributed by atoms with Crippen molar-refractivity contribution in [1.29, 1.82) is 0 Å². The van der Waals surface area contributed by atoms with Crippen molar-refractivity contribution < 1.29 is 18.4 Å². The average Bonchev–Trinajstić information content (AvgIpc) is 3.57. The molecule has 0 radical (unpaired) electrons. The van der Waals surface area contributed by atoms with Crippen LogP contribution < -0.4 is 5.32 Å². The van der Waals surface area contributed by atoms with Gasteiger partial charge >= 0.3 is 0 Å². The molecule has 0 atom stereocenters. The van der Waals surface area contributed by atoms with Gasteiger partial charge in [0.25, 0.3) is 5.91 Å². The number of aromatic nitrogens is 2. The second kappa shape index (κ2) is 10.2. The lowest BCUT2D eigenvalue weighted by molar-refractivity contribution is 0.0929. The van der Waals surface area contributed by atoms with E-state index in [1.165, 1.54) is 0 Å². The Morgan fingerprint density at radius 1 is 0.886 bits per heavy atom. The molecule has 1 N–H and O–H groups in total. The van der Waals surface area contributed by atoms with E-state index in [2.05, 4.69) is 15.5 Å². The van der Waals surface area contributed by atoms with Crippen LogP contribution in [-0.2, 0) is 18.0 Å². The number of carbonyl (C=O) groups excluding carboxylic acids is 1. The van der Waals surface area contributed by atoms with Crippen LogP contribution in [-0.4, -0.2) is 16.1 Å². The summed E-state index contributed by atoms with van der Waals surface area (Å²) in [7, 11) is 0. The third-order valence-electron chi connectivity index (χ3n) is 5.47. The first-order valence-electron chi connectivity index (χ1n) is 11.2. The lowest BCUT2D eigenvalue weighted by atomic mass is 10.1. The van der Waals surface area contributed by atoms with Gasteiger partial charge in [-0.2, -0.15) is 0 Å². The van der Waals surface area contributed by atoms with E-state index in [-0.39, 0.29) is 5.91 Å². The number of furan rings is 1. The summed E-state index contributed by atoms with van der Waals surface area (Å²) in [5, 5.41) is 11.3. The highest BCUT2D eigenvalue weighted by Crippen LogP contribution is 2.26. The molecular weight excluding hydrogens is 442 g/mol. The zero-order chi connectivity index (χ0) is 24.0. The Labute approximate surface area is 202 Å². The van der Waals surface area contributed by atoms with Crippen LogP contribution in [0.4, 0.5) is 5.69 Å². The number of ether oxygens (including phenoxy) is 1. The van der Waals surface area contributed by atoms with Crippen LogP contribution in [0.1, 0.15) is 27.2 Å². The maximum Gasteiger partial charge on any atom is 0.255 e. The van der Waals surface area contributed by atoms with Gasteiger partial charge in [-0.3, -0.25) is 4.79 Å². The first-order valence-corrected chi connectivity index (χ1v) is 11.2. The summed E-state index contributed by atoms with van der Waals surface area (Å²) in [6.07, 6.45) is 1.62. The fourth-order valence-corrected chi connectivity index (χ4v) is 3.63. The first kappa shape index (κ1) is 22.3. The maximum absolute atomic E-state index is 12.8. The van der Waals surface area contributed by atoms with Crippen molar-refractivity contribution in [2.75, 3.05) is 5.32 Å².